The van der Waals surface area contributed by atoms with Crippen molar-refractivity contribution < 1.29 is 0 Å². The molecule has 3 aromatic rings. The minimum atomic E-state index is 0.366. The molecule has 0 fully saturated rings. The molecule has 0 atom stereocenters. The van der Waals surface area contributed by atoms with Crippen molar-refractivity contribution in [2.75, 3.05) is 11.9 Å². The van der Waals surface area contributed by atoms with Crippen LogP contribution in [-0.4, -0.2) is 21.5 Å². The first-order chi connectivity index (χ1) is 11.1. The number of anilines is 1. The molecule has 0 unspecified atom stereocenters. The smallest absolute Gasteiger partial charge is 0.134 e. The van der Waals surface area contributed by atoms with Crippen molar-refractivity contribution in [1.82, 2.24) is 15.0 Å². The number of aromatic nitrogens is 3. The Bertz CT molecular complexity index is 818. The highest BCUT2D eigenvalue weighted by atomic mass is 35.5. The van der Waals surface area contributed by atoms with Crippen LogP contribution in [0.2, 0.25) is 15.3 Å². The number of nitrogens with zero attached hydrogens (tertiary/aromatic N) is 3. The first-order valence-corrected chi connectivity index (χ1v) is 8.22. The van der Waals surface area contributed by atoms with E-state index < -0.39 is 0 Å². The molecule has 2 heterocycles. The van der Waals surface area contributed by atoms with Crippen molar-refractivity contribution in [3.8, 4) is 0 Å². The molecule has 1 N–H and O–H groups in total. The number of pyridine rings is 1. The Hall–Kier alpha value is -1.62. The lowest BCUT2D eigenvalue weighted by atomic mass is 10.2. The van der Waals surface area contributed by atoms with Crippen molar-refractivity contribution in [2.24, 2.45) is 0 Å². The summed E-state index contributed by atoms with van der Waals surface area (Å²) in [5.74, 6) is 0.649. The average Bonchev–Trinajstić information content (AvgIpc) is 2.50. The second-order valence-electron chi connectivity index (χ2n) is 4.98. The molecule has 118 valence electrons. The van der Waals surface area contributed by atoms with Gasteiger partial charge in [0.2, 0.25) is 0 Å². The lowest BCUT2D eigenvalue weighted by molar-refractivity contribution is 0.801. The van der Waals surface area contributed by atoms with Gasteiger partial charge < -0.3 is 5.32 Å². The fourth-order valence-corrected chi connectivity index (χ4v) is 2.92. The first-order valence-electron chi connectivity index (χ1n) is 7.09. The molecular formula is C16H13Cl3N4. The number of halogens is 3. The fraction of sp³-hybridized carbons (Fsp3) is 0.188. The summed E-state index contributed by atoms with van der Waals surface area (Å²) >= 11 is 17.7. The van der Waals surface area contributed by atoms with E-state index in [4.69, 9.17) is 34.8 Å². The highest BCUT2D eigenvalue weighted by Crippen LogP contribution is 2.24. The molecule has 0 bridgehead atoms. The Morgan fingerprint density at radius 2 is 1.74 bits per heavy atom. The molecule has 0 amide bonds. The van der Waals surface area contributed by atoms with Crippen LogP contribution in [0.15, 0.2) is 36.5 Å². The molecular weight excluding hydrogens is 355 g/mol. The van der Waals surface area contributed by atoms with E-state index in [0.717, 1.165) is 29.6 Å². The van der Waals surface area contributed by atoms with Crippen LogP contribution in [-0.2, 0) is 6.42 Å². The van der Waals surface area contributed by atoms with Crippen LogP contribution in [0.4, 0.5) is 5.69 Å². The zero-order valence-corrected chi connectivity index (χ0v) is 14.3. The van der Waals surface area contributed by atoms with Crippen LogP contribution < -0.4 is 5.32 Å². The fourth-order valence-electron chi connectivity index (χ4n) is 2.29. The van der Waals surface area contributed by atoms with Gasteiger partial charge in [0.25, 0.3) is 0 Å². The minimum Gasteiger partial charge on any atom is -0.384 e. The van der Waals surface area contributed by atoms with Gasteiger partial charge in [0, 0.05) is 41.3 Å². The van der Waals surface area contributed by atoms with Crippen molar-refractivity contribution in [2.45, 2.75) is 12.8 Å². The van der Waals surface area contributed by atoms with E-state index in [2.05, 4.69) is 20.3 Å². The number of nitrogens with one attached hydrogen (secondary N) is 1. The second-order valence-corrected chi connectivity index (χ2v) is 6.19. The lowest BCUT2D eigenvalue weighted by Gasteiger charge is -2.09. The molecule has 0 saturated carbocycles. The third kappa shape index (κ3) is 4.22. The Balaban J connectivity index is 1.63. The van der Waals surface area contributed by atoms with Crippen LogP contribution in [0.3, 0.4) is 0 Å². The van der Waals surface area contributed by atoms with Crippen molar-refractivity contribution in [3.63, 3.8) is 0 Å². The quantitative estimate of drug-likeness (QED) is 0.507. The number of rotatable bonds is 5. The molecule has 0 saturated heterocycles. The van der Waals surface area contributed by atoms with Gasteiger partial charge in [-0.1, -0.05) is 34.8 Å². The van der Waals surface area contributed by atoms with E-state index in [-0.39, 0.29) is 0 Å². The Morgan fingerprint density at radius 3 is 2.52 bits per heavy atom. The Labute approximate surface area is 148 Å². The van der Waals surface area contributed by atoms with Crippen LogP contribution in [0.1, 0.15) is 12.2 Å². The predicted octanol–water partition coefficient (Wildman–Crippen LogP) is 5.03. The maximum absolute atomic E-state index is 6.00. The van der Waals surface area contributed by atoms with Crippen LogP contribution >= 0.6 is 34.8 Å². The highest BCUT2D eigenvalue weighted by Gasteiger charge is 2.04. The predicted molar refractivity (Wildman–Crippen MR) is 95.6 cm³/mol. The summed E-state index contributed by atoms with van der Waals surface area (Å²) in [6.45, 7) is 0.773. The molecule has 0 spiro atoms. The third-order valence-electron chi connectivity index (χ3n) is 3.31. The van der Waals surface area contributed by atoms with Crippen LogP contribution in [0.25, 0.3) is 10.9 Å². The summed E-state index contributed by atoms with van der Waals surface area (Å²) in [7, 11) is 0. The van der Waals surface area contributed by atoms with Crippen LogP contribution in [0.5, 0.6) is 0 Å². The molecule has 4 nitrogen and oxygen atoms in total. The molecule has 23 heavy (non-hydrogen) atoms. The minimum absolute atomic E-state index is 0.366. The first kappa shape index (κ1) is 16.2. The summed E-state index contributed by atoms with van der Waals surface area (Å²) in [5, 5.41) is 5.85. The number of fused-ring (bicyclic) bond motifs is 1. The largest absolute Gasteiger partial charge is 0.384 e. The molecule has 2 aromatic heterocycles. The Morgan fingerprint density at radius 1 is 0.957 bits per heavy atom. The summed E-state index contributed by atoms with van der Waals surface area (Å²) < 4.78 is 0. The normalized spacial score (nSPS) is 10.9. The number of hydrogen-bond donors (Lipinski definition) is 1. The number of hydrogen-bond acceptors (Lipinski definition) is 4. The van der Waals surface area contributed by atoms with Crippen molar-refractivity contribution in [3.05, 3.63) is 57.7 Å². The van der Waals surface area contributed by atoms with E-state index in [9.17, 15) is 0 Å². The van der Waals surface area contributed by atoms with E-state index in [1.165, 1.54) is 6.07 Å². The molecule has 0 aliphatic carbocycles. The third-order valence-corrected chi connectivity index (χ3v) is 3.93. The lowest BCUT2D eigenvalue weighted by Crippen LogP contribution is -2.05. The van der Waals surface area contributed by atoms with Gasteiger partial charge in [-0.25, -0.2) is 9.97 Å². The standard InChI is InChI=1S/C16H13Cl3N4/c17-10-3-4-11-12(5-7-21-13(11)8-10)20-6-1-2-16-22-14(18)9-15(19)23-16/h3-5,7-9H,1-2,6H2,(H,20,21). The molecule has 0 radical (unpaired) electrons. The van der Waals surface area contributed by atoms with Gasteiger partial charge in [0.1, 0.15) is 16.1 Å². The molecule has 3 rings (SSSR count). The summed E-state index contributed by atoms with van der Waals surface area (Å²) in [6, 6.07) is 9.15. The summed E-state index contributed by atoms with van der Waals surface area (Å²) in [5.41, 5.74) is 1.89. The van der Waals surface area contributed by atoms with Gasteiger partial charge in [-0.05, 0) is 30.7 Å². The molecule has 0 aliphatic rings. The van der Waals surface area contributed by atoms with E-state index in [0.29, 0.717) is 27.6 Å². The van der Waals surface area contributed by atoms with E-state index in [1.54, 1.807) is 6.20 Å². The highest BCUT2D eigenvalue weighted by molar-refractivity contribution is 6.33. The van der Waals surface area contributed by atoms with Crippen molar-refractivity contribution >= 4 is 51.4 Å². The summed E-state index contributed by atoms with van der Waals surface area (Å²) in [6.07, 6.45) is 3.32. The van der Waals surface area contributed by atoms with Gasteiger partial charge in [0.05, 0.1) is 5.52 Å². The van der Waals surface area contributed by atoms with Gasteiger partial charge in [-0.3, -0.25) is 4.98 Å². The molecule has 0 aliphatic heterocycles. The van der Waals surface area contributed by atoms with Crippen molar-refractivity contribution in [1.29, 1.82) is 0 Å². The van der Waals surface area contributed by atoms with E-state index in [1.807, 2.05) is 24.3 Å². The number of benzene rings is 1. The molecule has 7 heteroatoms. The summed E-state index contributed by atoms with van der Waals surface area (Å²) in [4.78, 5) is 12.6. The number of aryl methyl sites for hydroxylation is 1. The van der Waals surface area contributed by atoms with Crippen LogP contribution in [0, 0.1) is 0 Å². The maximum atomic E-state index is 6.00. The van der Waals surface area contributed by atoms with Gasteiger partial charge in [0.15, 0.2) is 0 Å². The SMILES string of the molecule is Clc1ccc2c(NCCCc3nc(Cl)cc(Cl)n3)ccnc2c1. The van der Waals surface area contributed by atoms with E-state index >= 15 is 0 Å². The zero-order chi connectivity index (χ0) is 16.2. The maximum Gasteiger partial charge on any atom is 0.134 e. The monoisotopic (exact) mass is 366 g/mol. The van der Waals surface area contributed by atoms with Gasteiger partial charge in [-0.15, -0.1) is 0 Å². The van der Waals surface area contributed by atoms with Gasteiger partial charge >= 0.3 is 0 Å². The molecule has 1 aromatic carbocycles. The van der Waals surface area contributed by atoms with Gasteiger partial charge in [-0.2, -0.15) is 0 Å². The zero-order valence-electron chi connectivity index (χ0n) is 12.1. The Kier molecular flexibility index (Phi) is 5.16. The topological polar surface area (TPSA) is 50.7 Å². The average molecular weight is 368 g/mol. The second kappa shape index (κ2) is 7.30.